The first-order valence-electron chi connectivity index (χ1n) is 17.1. The molecule has 2 aromatic rings. The van der Waals surface area contributed by atoms with Crippen LogP contribution >= 0.6 is 0 Å². The molecule has 4 rings (SSSR count). The molecule has 0 spiro atoms. The molecule has 2 aliphatic rings. The molecular weight excluding hydrogens is 612 g/mol. The van der Waals surface area contributed by atoms with Gasteiger partial charge in [-0.25, -0.2) is 0 Å². The van der Waals surface area contributed by atoms with Crippen molar-refractivity contribution in [1.29, 1.82) is 0 Å². The number of benzene rings is 2. The van der Waals surface area contributed by atoms with E-state index in [1.165, 1.54) is 0 Å². The number of carbonyl (C=O) groups is 2. The van der Waals surface area contributed by atoms with Crippen LogP contribution < -0.4 is 20.7 Å². The molecule has 0 bridgehead atoms. The lowest BCUT2D eigenvalue weighted by Gasteiger charge is -2.46. The van der Waals surface area contributed by atoms with Gasteiger partial charge >= 0.3 is 0 Å². The number of amides is 2. The van der Waals surface area contributed by atoms with Gasteiger partial charge in [0, 0.05) is 58.3 Å². The Labute approximate surface area is 286 Å². The van der Waals surface area contributed by atoms with Gasteiger partial charge in [0.2, 0.25) is 11.8 Å². The third-order valence-corrected chi connectivity index (χ3v) is 9.38. The molecule has 0 aliphatic carbocycles. The largest absolute Gasteiger partial charge is 0.490 e. The van der Waals surface area contributed by atoms with E-state index in [0.717, 1.165) is 47.6 Å². The molecule has 11 heteroatoms. The lowest BCUT2D eigenvalue weighted by Crippen LogP contribution is -2.57. The predicted octanol–water partition coefficient (Wildman–Crippen LogP) is 3.86. The zero-order valence-corrected chi connectivity index (χ0v) is 29.7. The van der Waals surface area contributed by atoms with Crippen molar-refractivity contribution in [2.24, 2.45) is 11.1 Å². The number of methoxy groups -OCH3 is 2. The van der Waals surface area contributed by atoms with Gasteiger partial charge in [-0.2, -0.15) is 0 Å². The molecule has 1 fully saturated rings. The molecule has 2 aromatic carbocycles. The quantitative estimate of drug-likeness (QED) is 0.242. The summed E-state index contributed by atoms with van der Waals surface area (Å²) in [5, 5.41) is 2.79. The number of nitrogens with two attached hydrogens (primary N) is 1. The Morgan fingerprint density at radius 1 is 1.04 bits per heavy atom. The summed E-state index contributed by atoms with van der Waals surface area (Å²) in [5.74, 6) is 0.666. The maximum Gasteiger partial charge on any atom is 0.239 e. The molecule has 1 unspecified atom stereocenters. The van der Waals surface area contributed by atoms with Gasteiger partial charge in [-0.15, -0.1) is 0 Å². The van der Waals surface area contributed by atoms with E-state index in [1.807, 2.05) is 30.9 Å². The van der Waals surface area contributed by atoms with Gasteiger partial charge in [0.15, 0.2) is 0 Å². The van der Waals surface area contributed by atoms with Crippen LogP contribution in [0.15, 0.2) is 42.5 Å². The maximum atomic E-state index is 13.6. The fourth-order valence-electron chi connectivity index (χ4n) is 6.74. The molecule has 0 aromatic heterocycles. The van der Waals surface area contributed by atoms with Gasteiger partial charge in [-0.3, -0.25) is 9.59 Å². The fourth-order valence-corrected chi connectivity index (χ4v) is 6.74. The molecular formula is C37H56N4O7. The predicted molar refractivity (Wildman–Crippen MR) is 186 cm³/mol. The summed E-state index contributed by atoms with van der Waals surface area (Å²) in [4.78, 5) is 30.6. The van der Waals surface area contributed by atoms with Crippen LogP contribution in [0.2, 0.25) is 0 Å². The highest BCUT2D eigenvalue weighted by molar-refractivity contribution is 5.83. The first kappa shape index (κ1) is 37.6. The number of piperidine rings is 1. The lowest BCUT2D eigenvalue weighted by molar-refractivity contribution is -0.145. The third kappa shape index (κ3) is 9.92. The number of fused-ring (bicyclic) bond motifs is 1. The van der Waals surface area contributed by atoms with Crippen LogP contribution in [0.3, 0.4) is 0 Å². The smallest absolute Gasteiger partial charge is 0.239 e. The second-order valence-corrected chi connectivity index (χ2v) is 13.6. The van der Waals surface area contributed by atoms with Crippen LogP contribution in [0.25, 0.3) is 0 Å². The molecule has 0 saturated carbocycles. The van der Waals surface area contributed by atoms with Crippen LogP contribution in [-0.4, -0.2) is 102 Å². The van der Waals surface area contributed by atoms with Gasteiger partial charge in [-0.1, -0.05) is 44.2 Å². The van der Waals surface area contributed by atoms with E-state index < -0.39 is 11.5 Å². The fraction of sp³-hybridized carbons (Fsp3) is 0.622. The van der Waals surface area contributed by atoms with Gasteiger partial charge in [0.25, 0.3) is 0 Å². The number of ether oxygens (including phenoxy) is 5. The Morgan fingerprint density at radius 3 is 2.46 bits per heavy atom. The molecule has 266 valence electrons. The van der Waals surface area contributed by atoms with Crippen LogP contribution in [0.1, 0.15) is 62.6 Å². The number of nitrogens with one attached hydrogen (secondary N) is 1. The molecule has 4 atom stereocenters. The molecule has 2 heterocycles. The average molecular weight is 669 g/mol. The Balaban J connectivity index is 1.60. The van der Waals surface area contributed by atoms with E-state index in [-0.39, 0.29) is 29.9 Å². The van der Waals surface area contributed by atoms with Crippen molar-refractivity contribution >= 4 is 17.5 Å². The van der Waals surface area contributed by atoms with Crippen molar-refractivity contribution in [2.45, 2.75) is 77.4 Å². The summed E-state index contributed by atoms with van der Waals surface area (Å²) in [6.07, 6.45) is 1.78. The summed E-state index contributed by atoms with van der Waals surface area (Å²) in [5.41, 5.74) is 9.78. The first-order valence-corrected chi connectivity index (χ1v) is 17.1. The molecule has 1 saturated heterocycles. The van der Waals surface area contributed by atoms with Crippen molar-refractivity contribution in [3.8, 4) is 5.75 Å². The first-order chi connectivity index (χ1) is 23.1. The summed E-state index contributed by atoms with van der Waals surface area (Å²) < 4.78 is 28.8. The Bertz CT molecular complexity index is 1320. The summed E-state index contributed by atoms with van der Waals surface area (Å²) >= 11 is 0. The molecule has 11 nitrogen and oxygen atoms in total. The molecule has 3 N–H and O–H groups in total. The number of likely N-dealkylation sites (tertiary alicyclic amines) is 1. The number of anilines is 1. The standard InChI is InChI=1S/C37H56N4O7/c1-26(38)35(42)41-23-34(48-25-28-10-13-33-32(20-28)40(15-17-47-33)14-7-16-44-5)31(21-30(41)22-37(2,3)36(43)39-4)29-11-8-27(9-12-29)24-46-19-18-45-6/h8-13,20,26,30-31,34H,7,14-19,21-25,38H2,1-6H3,(H,39,43)/t26?,30-,31+,34-/m0/s1. The summed E-state index contributed by atoms with van der Waals surface area (Å²) in [6, 6.07) is 13.8. The highest BCUT2D eigenvalue weighted by Gasteiger charge is 2.43. The topological polar surface area (TPSA) is 125 Å². The monoisotopic (exact) mass is 668 g/mol. The number of rotatable bonds is 17. The Hall–Kier alpha value is -3.22. The van der Waals surface area contributed by atoms with E-state index in [0.29, 0.717) is 59.0 Å². The molecule has 2 aliphatic heterocycles. The van der Waals surface area contributed by atoms with Crippen molar-refractivity contribution in [3.63, 3.8) is 0 Å². The average Bonchev–Trinajstić information content (AvgIpc) is 3.09. The minimum Gasteiger partial charge on any atom is -0.490 e. The normalized spacial score (nSPS) is 20.2. The minimum absolute atomic E-state index is 0.0115. The molecule has 0 radical (unpaired) electrons. The van der Waals surface area contributed by atoms with Crippen molar-refractivity contribution in [3.05, 3.63) is 59.2 Å². The summed E-state index contributed by atoms with van der Waals surface area (Å²) in [6.45, 7) is 11.0. The highest BCUT2D eigenvalue weighted by atomic mass is 16.5. The second kappa shape index (κ2) is 18.0. The van der Waals surface area contributed by atoms with Crippen LogP contribution in [0, 0.1) is 5.41 Å². The SMILES string of the molecule is CNC(=O)C(C)(C)C[C@@H]1C[C@H](c2ccc(COCCOC)cc2)[C@@H](OCc2ccc3c(c2)N(CCCOC)CCO3)CN1C(=O)C(C)N. The number of hydrogen-bond acceptors (Lipinski definition) is 9. The number of hydrogen-bond donors (Lipinski definition) is 2. The van der Waals surface area contributed by atoms with E-state index in [2.05, 4.69) is 40.5 Å². The Kier molecular flexibility index (Phi) is 14.1. The molecule has 2 amide bonds. The van der Waals surface area contributed by atoms with Crippen LogP contribution in [0.4, 0.5) is 5.69 Å². The van der Waals surface area contributed by atoms with E-state index >= 15 is 0 Å². The van der Waals surface area contributed by atoms with E-state index in [9.17, 15) is 9.59 Å². The van der Waals surface area contributed by atoms with Gasteiger partial charge in [0.05, 0.1) is 50.8 Å². The van der Waals surface area contributed by atoms with Gasteiger partial charge < -0.3 is 44.5 Å². The lowest BCUT2D eigenvalue weighted by atomic mass is 9.76. The van der Waals surface area contributed by atoms with Gasteiger partial charge in [-0.05, 0) is 55.0 Å². The maximum absolute atomic E-state index is 13.6. The zero-order chi connectivity index (χ0) is 34.7. The summed E-state index contributed by atoms with van der Waals surface area (Å²) in [7, 11) is 5.03. The van der Waals surface area contributed by atoms with Crippen molar-refractivity contribution in [2.75, 3.05) is 72.2 Å². The zero-order valence-electron chi connectivity index (χ0n) is 29.7. The Morgan fingerprint density at radius 2 is 1.77 bits per heavy atom. The van der Waals surface area contributed by atoms with Gasteiger partial charge in [0.1, 0.15) is 12.4 Å². The van der Waals surface area contributed by atoms with Crippen LogP contribution in [-0.2, 0) is 41.8 Å². The molecule has 48 heavy (non-hydrogen) atoms. The van der Waals surface area contributed by atoms with Crippen molar-refractivity contribution < 1.29 is 33.3 Å². The second-order valence-electron chi connectivity index (χ2n) is 13.6. The highest BCUT2D eigenvalue weighted by Crippen LogP contribution is 2.40. The number of carbonyl (C=O) groups excluding carboxylic acids is 2. The number of nitrogens with zero attached hydrogens (tertiary/aromatic N) is 2. The minimum atomic E-state index is -0.683. The van der Waals surface area contributed by atoms with E-state index in [4.69, 9.17) is 29.4 Å². The van der Waals surface area contributed by atoms with Crippen molar-refractivity contribution in [1.82, 2.24) is 10.2 Å². The third-order valence-electron chi connectivity index (χ3n) is 9.38. The van der Waals surface area contributed by atoms with Crippen LogP contribution in [0.5, 0.6) is 5.75 Å². The van der Waals surface area contributed by atoms with E-state index in [1.54, 1.807) is 28.2 Å².